The highest BCUT2D eigenvalue weighted by molar-refractivity contribution is 5.83. The van der Waals surface area contributed by atoms with E-state index in [0.717, 1.165) is 5.56 Å². The lowest BCUT2D eigenvalue weighted by Gasteiger charge is -2.21. The van der Waals surface area contributed by atoms with Gasteiger partial charge in [0.2, 0.25) is 0 Å². The Kier molecular flexibility index (Phi) is 4.66. The van der Waals surface area contributed by atoms with Crippen LogP contribution in [0.4, 0.5) is 10.2 Å². The molecule has 3 aromatic heterocycles. The molecule has 0 radical (unpaired) electrons. The summed E-state index contributed by atoms with van der Waals surface area (Å²) >= 11 is 0. The number of H-pyrrole nitrogens is 1. The van der Waals surface area contributed by atoms with E-state index in [0.29, 0.717) is 39.3 Å². The molecule has 1 atom stereocenters. The molecule has 0 spiro atoms. The fraction of sp³-hybridized carbons (Fsp3) is 0.174. The minimum Gasteiger partial charge on any atom is -0.358 e. The number of hydrogen-bond acceptors (Lipinski definition) is 6. The predicted molar refractivity (Wildman–Crippen MR) is 120 cm³/mol. The molecule has 5 aromatic rings. The number of rotatable bonds is 4. The molecule has 160 valence electrons. The van der Waals surface area contributed by atoms with Gasteiger partial charge in [0, 0.05) is 0 Å². The van der Waals surface area contributed by atoms with Crippen LogP contribution in [-0.4, -0.2) is 29.5 Å². The summed E-state index contributed by atoms with van der Waals surface area (Å²) < 4.78 is 16.4. The Morgan fingerprint density at radius 3 is 2.66 bits per heavy atom. The van der Waals surface area contributed by atoms with E-state index in [4.69, 9.17) is 4.98 Å². The van der Waals surface area contributed by atoms with Crippen LogP contribution in [0, 0.1) is 19.7 Å². The van der Waals surface area contributed by atoms with Gasteiger partial charge in [0.15, 0.2) is 11.5 Å². The number of halogens is 1. The van der Waals surface area contributed by atoms with Crippen LogP contribution in [0.2, 0.25) is 0 Å². The zero-order valence-electron chi connectivity index (χ0n) is 17.7. The first-order valence-electron chi connectivity index (χ1n) is 10.1. The third-order valence-electron chi connectivity index (χ3n) is 5.50. The molecule has 2 aromatic carbocycles. The molecule has 3 heterocycles. The number of benzene rings is 2. The van der Waals surface area contributed by atoms with Crippen LogP contribution in [0.15, 0.2) is 53.8 Å². The smallest absolute Gasteiger partial charge is 0.266 e. The van der Waals surface area contributed by atoms with Gasteiger partial charge in [-0.1, -0.05) is 24.3 Å². The summed E-state index contributed by atoms with van der Waals surface area (Å²) in [5.74, 6) is 0.356. The number of aromatic amines is 1. The van der Waals surface area contributed by atoms with Crippen molar-refractivity contribution in [1.29, 1.82) is 0 Å². The largest absolute Gasteiger partial charge is 0.358 e. The number of imidazole rings is 1. The third kappa shape index (κ3) is 3.09. The van der Waals surface area contributed by atoms with E-state index in [-0.39, 0.29) is 11.2 Å². The molecule has 1 unspecified atom stereocenters. The number of nitrogens with one attached hydrogen (secondary N) is 2. The minimum absolute atomic E-state index is 0.186. The summed E-state index contributed by atoms with van der Waals surface area (Å²) in [7, 11) is 0. The van der Waals surface area contributed by atoms with Gasteiger partial charge in [-0.25, -0.2) is 24.3 Å². The van der Waals surface area contributed by atoms with Crippen LogP contribution in [-0.2, 0) is 0 Å². The van der Waals surface area contributed by atoms with Gasteiger partial charge in [-0.05, 0) is 44.0 Å². The normalized spacial score (nSPS) is 12.4. The molecule has 2 N–H and O–H groups in total. The Hall–Kier alpha value is -4.14. The van der Waals surface area contributed by atoms with Gasteiger partial charge < -0.3 is 10.3 Å². The Morgan fingerprint density at radius 1 is 1.06 bits per heavy atom. The van der Waals surface area contributed by atoms with E-state index in [1.165, 1.54) is 23.3 Å². The van der Waals surface area contributed by atoms with Crippen molar-refractivity contribution in [3.8, 4) is 5.69 Å². The SMILES string of the molecule is Cc1cccc(F)c1-n1c(C(C)Nc2ncnc3[nH]cnc23)nc2cccc(C)c2c1=O. The highest BCUT2D eigenvalue weighted by Crippen LogP contribution is 2.26. The number of para-hydroxylation sites is 1. The first-order chi connectivity index (χ1) is 15.5. The Balaban J connectivity index is 1.76. The molecule has 0 fully saturated rings. The molecule has 0 saturated heterocycles. The van der Waals surface area contributed by atoms with Gasteiger partial charge in [0.25, 0.3) is 5.56 Å². The fourth-order valence-electron chi connectivity index (χ4n) is 3.97. The second kappa shape index (κ2) is 7.52. The number of anilines is 1. The van der Waals surface area contributed by atoms with Gasteiger partial charge in [-0.3, -0.25) is 9.36 Å². The number of aromatic nitrogens is 6. The first-order valence-corrected chi connectivity index (χ1v) is 10.1. The van der Waals surface area contributed by atoms with Crippen LogP contribution in [0.1, 0.15) is 29.9 Å². The van der Waals surface area contributed by atoms with Gasteiger partial charge in [0.05, 0.1) is 29.0 Å². The van der Waals surface area contributed by atoms with Crippen molar-refractivity contribution >= 4 is 27.9 Å². The van der Waals surface area contributed by atoms with Gasteiger partial charge in [-0.15, -0.1) is 0 Å². The Bertz CT molecular complexity index is 1520. The highest BCUT2D eigenvalue weighted by Gasteiger charge is 2.23. The molecular weight excluding hydrogens is 409 g/mol. The van der Waals surface area contributed by atoms with Crippen molar-refractivity contribution < 1.29 is 4.39 Å². The molecule has 0 bridgehead atoms. The summed E-state index contributed by atoms with van der Waals surface area (Å²) in [6.45, 7) is 5.46. The molecule has 0 aliphatic rings. The standard InChI is InChI=1S/C23H20FN7O/c1-12-6-5-9-16-17(12)23(32)31(19-13(2)7-4-8-15(19)24)22(30-16)14(3)29-21-18-20(26-10-25-18)27-11-28-21/h4-11,14H,1-3H3,(H2,25,26,27,28,29). The van der Waals surface area contributed by atoms with Crippen LogP contribution in [0.25, 0.3) is 27.8 Å². The van der Waals surface area contributed by atoms with Gasteiger partial charge >= 0.3 is 0 Å². The maximum Gasteiger partial charge on any atom is 0.266 e. The topological polar surface area (TPSA) is 101 Å². The lowest BCUT2D eigenvalue weighted by atomic mass is 10.1. The molecule has 0 saturated carbocycles. The van der Waals surface area contributed by atoms with E-state index in [2.05, 4.69) is 25.3 Å². The second-order valence-electron chi connectivity index (χ2n) is 7.67. The van der Waals surface area contributed by atoms with Crippen molar-refractivity contribution in [3.05, 3.63) is 82.2 Å². The minimum atomic E-state index is -0.499. The van der Waals surface area contributed by atoms with Crippen LogP contribution in [0.3, 0.4) is 0 Å². The molecule has 32 heavy (non-hydrogen) atoms. The lowest BCUT2D eigenvalue weighted by molar-refractivity contribution is 0.605. The number of hydrogen-bond donors (Lipinski definition) is 2. The van der Waals surface area contributed by atoms with Crippen LogP contribution >= 0.6 is 0 Å². The van der Waals surface area contributed by atoms with Crippen molar-refractivity contribution in [2.24, 2.45) is 0 Å². The maximum absolute atomic E-state index is 15.0. The lowest BCUT2D eigenvalue weighted by Crippen LogP contribution is -2.29. The average Bonchev–Trinajstić information content (AvgIpc) is 3.24. The molecule has 9 heteroatoms. The summed E-state index contributed by atoms with van der Waals surface area (Å²) in [5.41, 5.74) is 2.97. The third-order valence-corrected chi connectivity index (χ3v) is 5.50. The summed E-state index contributed by atoms with van der Waals surface area (Å²) in [4.78, 5) is 34.1. The number of fused-ring (bicyclic) bond motifs is 2. The monoisotopic (exact) mass is 429 g/mol. The zero-order valence-corrected chi connectivity index (χ0v) is 17.7. The van der Waals surface area contributed by atoms with Gasteiger partial charge in [-0.2, -0.15) is 0 Å². The second-order valence-corrected chi connectivity index (χ2v) is 7.67. The Labute approximate surface area is 182 Å². The molecule has 0 aliphatic heterocycles. The quantitative estimate of drug-likeness (QED) is 0.448. The van der Waals surface area contributed by atoms with Crippen LogP contribution < -0.4 is 10.9 Å². The zero-order chi connectivity index (χ0) is 22.4. The van der Waals surface area contributed by atoms with E-state index in [9.17, 15) is 4.79 Å². The summed E-state index contributed by atoms with van der Waals surface area (Å²) in [6.07, 6.45) is 2.95. The van der Waals surface area contributed by atoms with E-state index < -0.39 is 11.9 Å². The van der Waals surface area contributed by atoms with E-state index in [1.54, 1.807) is 25.1 Å². The Morgan fingerprint density at radius 2 is 1.84 bits per heavy atom. The predicted octanol–water partition coefficient (Wildman–Crippen LogP) is 3.98. The molecule has 0 amide bonds. The van der Waals surface area contributed by atoms with Gasteiger partial charge in [0.1, 0.15) is 23.5 Å². The molecule has 0 aliphatic carbocycles. The van der Waals surface area contributed by atoms with Crippen molar-refractivity contribution in [1.82, 2.24) is 29.5 Å². The summed E-state index contributed by atoms with van der Waals surface area (Å²) in [5, 5.41) is 3.73. The van der Waals surface area contributed by atoms with E-state index in [1.807, 2.05) is 26.0 Å². The van der Waals surface area contributed by atoms with E-state index >= 15 is 4.39 Å². The average molecular weight is 429 g/mol. The van der Waals surface area contributed by atoms with Crippen molar-refractivity contribution in [3.63, 3.8) is 0 Å². The molecule has 5 rings (SSSR count). The van der Waals surface area contributed by atoms with Crippen molar-refractivity contribution in [2.45, 2.75) is 26.8 Å². The molecular formula is C23H20FN7O. The highest BCUT2D eigenvalue weighted by atomic mass is 19.1. The first kappa shape index (κ1) is 19.8. The van der Waals surface area contributed by atoms with Crippen LogP contribution in [0.5, 0.6) is 0 Å². The number of nitrogens with zero attached hydrogens (tertiary/aromatic N) is 5. The molecule has 8 nitrogen and oxygen atoms in total. The van der Waals surface area contributed by atoms with Crippen molar-refractivity contribution in [2.75, 3.05) is 5.32 Å². The number of aryl methyl sites for hydroxylation is 2. The fourth-order valence-corrected chi connectivity index (χ4v) is 3.97. The maximum atomic E-state index is 15.0. The summed E-state index contributed by atoms with van der Waals surface area (Å²) in [6, 6.07) is 9.72.